The number of carbonyl (C=O) groups excluding carboxylic acids is 1. The summed E-state index contributed by atoms with van der Waals surface area (Å²) in [5.74, 6) is -0.707. The first kappa shape index (κ1) is 30.4. The van der Waals surface area contributed by atoms with E-state index in [9.17, 15) is 14.5 Å². The third kappa shape index (κ3) is 4.97. The minimum atomic E-state index is -4.49. The monoisotopic (exact) mass is 627 g/mol. The fraction of sp³-hybridized carbons (Fsp3) is 0.520. The molecule has 3 aromatic rings. The van der Waals surface area contributed by atoms with Crippen molar-refractivity contribution >= 4 is 48.2 Å². The molecule has 7 atom stereocenters. The summed E-state index contributed by atoms with van der Waals surface area (Å²) in [5.41, 5.74) is 2.20. The SMILES string of the molecule is CC(C)OC(=O)[C@@H](C)N[P@@](=O)(Oc1ccccc1)OC1[C@@]2(CCl)O[C@@H](n3cnc4c(N(C)C)nc(N)nc43)[C@H](F)[C@@]12O. The number of ether oxygens (including phenoxy) is 2. The van der Waals surface area contributed by atoms with E-state index in [4.69, 9.17) is 35.9 Å². The first-order valence-electron chi connectivity index (χ1n) is 13.0. The van der Waals surface area contributed by atoms with Crippen LogP contribution in [0.3, 0.4) is 0 Å². The molecule has 3 heterocycles. The summed E-state index contributed by atoms with van der Waals surface area (Å²) in [4.78, 5) is 26.8. The Morgan fingerprint density at radius 1 is 1.31 bits per heavy atom. The Morgan fingerprint density at radius 3 is 2.60 bits per heavy atom. The van der Waals surface area contributed by atoms with Gasteiger partial charge in [-0.3, -0.25) is 13.9 Å². The van der Waals surface area contributed by atoms with Crippen LogP contribution in [-0.2, 0) is 23.4 Å². The number of anilines is 2. The van der Waals surface area contributed by atoms with Gasteiger partial charge in [0.05, 0.1) is 18.3 Å². The summed E-state index contributed by atoms with van der Waals surface area (Å²) in [7, 11) is -1.02. The largest absolute Gasteiger partial charge is 0.462 e. The topological polar surface area (TPSA) is 176 Å². The van der Waals surface area contributed by atoms with Gasteiger partial charge in [-0.15, -0.1) is 11.6 Å². The number of rotatable bonds is 11. The van der Waals surface area contributed by atoms with Crippen LogP contribution in [-0.4, -0.2) is 86.2 Å². The standard InChI is InChI=1S/C25H32ClFN7O7P/c1-13(2)38-21(35)14(3)32-42(37,40-15-9-7-6-8-10-15)41-22-24(11-26)25(22,36)17(27)20(39-24)34-12-29-16-18(33(4)5)30-23(28)31-19(16)34/h6-10,12-14,17,20,22,36H,11H2,1-5H3,(H,32,37)(H2,28,30,31)/t14-,17+,20-,22?,24-,25-,42-/m1/s1. The van der Waals surface area contributed by atoms with E-state index >= 15 is 4.39 Å². The molecule has 1 aliphatic heterocycles. The third-order valence-electron chi connectivity index (χ3n) is 7.01. The average Bonchev–Trinajstić information content (AvgIpc) is 3.16. The molecule has 1 aromatic carbocycles. The lowest BCUT2D eigenvalue weighted by molar-refractivity contribution is -0.149. The van der Waals surface area contributed by atoms with Gasteiger partial charge < -0.3 is 29.7 Å². The number of carbonyl (C=O) groups is 1. The Bertz CT molecular complexity index is 1530. The molecule has 0 radical (unpaired) electrons. The van der Waals surface area contributed by atoms with Crippen molar-refractivity contribution in [2.45, 2.75) is 62.6 Å². The summed E-state index contributed by atoms with van der Waals surface area (Å²) >= 11 is 6.25. The minimum absolute atomic E-state index is 0.0753. The van der Waals surface area contributed by atoms with Crippen molar-refractivity contribution in [1.82, 2.24) is 24.6 Å². The predicted octanol–water partition coefficient (Wildman–Crippen LogP) is 2.57. The van der Waals surface area contributed by atoms with Gasteiger partial charge in [0.15, 0.2) is 35.0 Å². The van der Waals surface area contributed by atoms with Crippen molar-refractivity contribution in [2.75, 3.05) is 30.6 Å². The summed E-state index contributed by atoms with van der Waals surface area (Å²) < 4.78 is 54.2. The van der Waals surface area contributed by atoms with Crippen LogP contribution in [0.5, 0.6) is 5.75 Å². The van der Waals surface area contributed by atoms with Crippen molar-refractivity contribution < 1.29 is 37.4 Å². The number of benzene rings is 1. The van der Waals surface area contributed by atoms with Gasteiger partial charge >= 0.3 is 13.7 Å². The minimum Gasteiger partial charge on any atom is -0.462 e. The Balaban J connectivity index is 1.44. The number of halogens is 2. The number of nitrogens with two attached hydrogens (primary N) is 1. The van der Waals surface area contributed by atoms with Crippen LogP contribution in [0.4, 0.5) is 16.2 Å². The molecule has 228 valence electrons. The summed E-state index contributed by atoms with van der Waals surface area (Å²) in [6.45, 7) is 4.72. The van der Waals surface area contributed by atoms with Gasteiger partial charge in [0, 0.05) is 14.1 Å². The van der Waals surface area contributed by atoms with Crippen LogP contribution in [0.1, 0.15) is 27.0 Å². The Hall–Kier alpha value is -3.07. The lowest BCUT2D eigenvalue weighted by Gasteiger charge is -2.27. The van der Waals surface area contributed by atoms with Gasteiger partial charge in [-0.25, -0.2) is 13.9 Å². The number of fused-ring (bicyclic) bond motifs is 2. The van der Waals surface area contributed by atoms with Crippen LogP contribution < -0.4 is 20.2 Å². The van der Waals surface area contributed by atoms with E-state index in [2.05, 4.69) is 20.0 Å². The number of aliphatic hydroxyl groups is 1. The lowest BCUT2D eigenvalue weighted by Crippen LogP contribution is -2.38. The molecule has 1 saturated carbocycles. The molecule has 1 aliphatic carbocycles. The van der Waals surface area contributed by atoms with Gasteiger partial charge in [0.25, 0.3) is 0 Å². The van der Waals surface area contributed by atoms with Crippen molar-refractivity contribution in [1.29, 1.82) is 0 Å². The first-order chi connectivity index (χ1) is 19.8. The smallest absolute Gasteiger partial charge is 0.459 e. The summed E-state index contributed by atoms with van der Waals surface area (Å²) in [6, 6.07) is 6.85. The maximum Gasteiger partial charge on any atom is 0.459 e. The summed E-state index contributed by atoms with van der Waals surface area (Å²) in [5, 5.41) is 14.1. The fourth-order valence-electron chi connectivity index (χ4n) is 4.96. The zero-order chi connectivity index (χ0) is 30.6. The van der Waals surface area contributed by atoms with Crippen molar-refractivity contribution in [3.63, 3.8) is 0 Å². The predicted molar refractivity (Wildman–Crippen MR) is 151 cm³/mol. The molecule has 2 aromatic heterocycles. The quantitative estimate of drug-likeness (QED) is 0.161. The number of hydrogen-bond donors (Lipinski definition) is 3. The Morgan fingerprint density at radius 2 is 2.00 bits per heavy atom. The van der Waals surface area contributed by atoms with E-state index < -0.39 is 61.4 Å². The highest BCUT2D eigenvalue weighted by atomic mass is 35.5. The molecule has 14 nitrogen and oxygen atoms in total. The number of nitrogen functional groups attached to an aromatic ring is 1. The van der Waals surface area contributed by atoms with Crippen molar-refractivity contribution in [3.05, 3.63) is 36.7 Å². The molecule has 0 bridgehead atoms. The van der Waals surface area contributed by atoms with Gasteiger partial charge in [-0.2, -0.15) is 15.1 Å². The van der Waals surface area contributed by atoms with Crippen LogP contribution in [0, 0.1) is 0 Å². The van der Waals surface area contributed by atoms with Crippen LogP contribution in [0.15, 0.2) is 36.7 Å². The van der Waals surface area contributed by atoms with Gasteiger partial charge in [0.1, 0.15) is 23.5 Å². The number of hydrogen-bond acceptors (Lipinski definition) is 12. The highest BCUT2D eigenvalue weighted by Crippen LogP contribution is 2.69. The third-order valence-corrected chi connectivity index (χ3v) is 9.05. The van der Waals surface area contributed by atoms with E-state index in [1.165, 1.54) is 30.0 Å². The highest BCUT2D eigenvalue weighted by Gasteiger charge is 2.90. The molecule has 1 unspecified atom stereocenters. The molecule has 4 N–H and O–H groups in total. The molecular weight excluding hydrogens is 596 g/mol. The maximum absolute atomic E-state index is 16.2. The molecule has 5 rings (SSSR count). The molecule has 0 spiro atoms. The zero-order valence-corrected chi connectivity index (χ0v) is 25.1. The molecular formula is C25H32ClFN7O7P. The second-order valence-corrected chi connectivity index (χ2v) is 12.5. The van der Waals surface area contributed by atoms with Crippen molar-refractivity contribution in [3.8, 4) is 5.75 Å². The normalized spacial score (nSPS) is 28.7. The average molecular weight is 628 g/mol. The van der Waals surface area contributed by atoms with Crippen molar-refractivity contribution in [2.24, 2.45) is 0 Å². The van der Waals surface area contributed by atoms with Gasteiger partial charge in [-0.05, 0) is 32.9 Å². The lowest BCUT2D eigenvalue weighted by atomic mass is 10.1. The number of nitrogens with one attached hydrogen (secondary N) is 1. The molecule has 17 heteroatoms. The molecule has 0 amide bonds. The van der Waals surface area contributed by atoms with E-state index in [1.54, 1.807) is 51.0 Å². The van der Waals surface area contributed by atoms with Gasteiger partial charge in [0.2, 0.25) is 5.95 Å². The number of esters is 1. The van der Waals surface area contributed by atoms with Crippen LogP contribution in [0.2, 0.25) is 0 Å². The molecule has 1 saturated heterocycles. The Labute approximate surface area is 245 Å². The van der Waals surface area contributed by atoms with Crippen LogP contribution >= 0.6 is 19.3 Å². The number of aromatic nitrogens is 4. The zero-order valence-electron chi connectivity index (χ0n) is 23.5. The number of alkyl halides is 2. The fourth-order valence-corrected chi connectivity index (χ4v) is 7.12. The van der Waals surface area contributed by atoms with Gasteiger partial charge in [-0.1, -0.05) is 18.2 Å². The maximum atomic E-state index is 16.2. The highest BCUT2D eigenvalue weighted by molar-refractivity contribution is 7.52. The second-order valence-electron chi connectivity index (χ2n) is 10.6. The van der Waals surface area contributed by atoms with E-state index in [0.29, 0.717) is 11.3 Å². The molecule has 42 heavy (non-hydrogen) atoms. The summed E-state index contributed by atoms with van der Waals surface area (Å²) in [6.07, 6.45) is -4.28. The van der Waals surface area contributed by atoms with E-state index in [-0.39, 0.29) is 17.3 Å². The van der Waals surface area contributed by atoms with E-state index in [1.807, 2.05) is 0 Å². The molecule has 2 fully saturated rings. The number of para-hydroxylation sites is 1. The number of imidazole rings is 1. The van der Waals surface area contributed by atoms with E-state index in [0.717, 1.165) is 0 Å². The van der Waals surface area contributed by atoms with Crippen LogP contribution in [0.25, 0.3) is 11.2 Å². The first-order valence-corrected chi connectivity index (χ1v) is 15.1. The number of nitrogens with zero attached hydrogens (tertiary/aromatic N) is 5. The molecule has 2 aliphatic rings. The Kier molecular flexibility index (Phi) is 7.88. The second kappa shape index (κ2) is 10.9.